The van der Waals surface area contributed by atoms with Gasteiger partial charge in [0, 0.05) is 17.5 Å². The van der Waals surface area contributed by atoms with E-state index in [2.05, 4.69) is 11.8 Å². The quantitative estimate of drug-likeness (QED) is 0.698. The largest absolute Gasteiger partial charge is 0.464 e. The zero-order valence-corrected chi connectivity index (χ0v) is 15.7. The van der Waals surface area contributed by atoms with Crippen molar-refractivity contribution in [2.45, 2.75) is 45.8 Å². The molecule has 1 aliphatic carbocycles. The van der Waals surface area contributed by atoms with Gasteiger partial charge in [-0.3, -0.25) is 9.69 Å². The molecule has 1 amide bonds. The number of thiophene rings is 1. The molecule has 0 radical (unpaired) electrons. The van der Waals surface area contributed by atoms with Crippen molar-refractivity contribution in [3.05, 3.63) is 45.0 Å². The second-order valence-electron chi connectivity index (χ2n) is 6.27. The van der Waals surface area contributed by atoms with Crippen LogP contribution in [-0.2, 0) is 17.9 Å². The van der Waals surface area contributed by atoms with Crippen molar-refractivity contribution < 1.29 is 9.21 Å². The molecule has 130 valence electrons. The average molecular weight is 367 g/mol. The number of aryl methyl sites for hydroxylation is 1. The molecule has 6 heteroatoms. The fraction of sp³-hybridized carbons (Fsp3) is 0.500. The zero-order valence-electron chi connectivity index (χ0n) is 14.1. The molecule has 1 saturated carbocycles. The lowest BCUT2D eigenvalue weighted by Crippen LogP contribution is -2.40. The van der Waals surface area contributed by atoms with Gasteiger partial charge in [-0.15, -0.1) is 11.3 Å². The van der Waals surface area contributed by atoms with E-state index in [1.165, 1.54) is 4.88 Å². The van der Waals surface area contributed by atoms with E-state index < -0.39 is 0 Å². The van der Waals surface area contributed by atoms with Crippen LogP contribution in [0.4, 0.5) is 0 Å². The summed E-state index contributed by atoms with van der Waals surface area (Å²) >= 11 is 7.57. The van der Waals surface area contributed by atoms with Gasteiger partial charge in [0.05, 0.1) is 17.4 Å². The molecule has 24 heavy (non-hydrogen) atoms. The summed E-state index contributed by atoms with van der Waals surface area (Å²) in [4.78, 5) is 18.1. The number of carbonyl (C=O) groups is 1. The van der Waals surface area contributed by atoms with Crippen LogP contribution < -0.4 is 0 Å². The summed E-state index contributed by atoms with van der Waals surface area (Å²) in [6.45, 7) is 6.61. The predicted octanol–water partition coefficient (Wildman–Crippen LogP) is 4.32. The van der Waals surface area contributed by atoms with Gasteiger partial charge in [0.1, 0.15) is 11.5 Å². The SMILES string of the molecule is CCN(CC(=O)N(Cc1ccc(C)o1)C1CC1)Cc1ccc(Cl)s1. The van der Waals surface area contributed by atoms with Crippen molar-refractivity contribution in [1.82, 2.24) is 9.80 Å². The molecule has 0 N–H and O–H groups in total. The number of furan rings is 1. The Morgan fingerprint density at radius 3 is 2.62 bits per heavy atom. The molecule has 4 nitrogen and oxygen atoms in total. The van der Waals surface area contributed by atoms with E-state index in [9.17, 15) is 4.79 Å². The first-order chi connectivity index (χ1) is 11.5. The zero-order chi connectivity index (χ0) is 17.1. The van der Waals surface area contributed by atoms with Crippen LogP contribution in [0.15, 0.2) is 28.7 Å². The molecule has 0 aliphatic heterocycles. The molecule has 0 saturated heterocycles. The summed E-state index contributed by atoms with van der Waals surface area (Å²) in [5.74, 6) is 1.93. The van der Waals surface area contributed by atoms with E-state index in [1.807, 2.05) is 36.1 Å². The lowest BCUT2D eigenvalue weighted by molar-refractivity contribution is -0.134. The molecule has 0 aromatic carbocycles. The smallest absolute Gasteiger partial charge is 0.237 e. The van der Waals surface area contributed by atoms with Crippen LogP contribution in [0.5, 0.6) is 0 Å². The van der Waals surface area contributed by atoms with Gasteiger partial charge in [-0.1, -0.05) is 18.5 Å². The maximum absolute atomic E-state index is 12.8. The van der Waals surface area contributed by atoms with Crippen molar-refractivity contribution in [3.8, 4) is 0 Å². The van der Waals surface area contributed by atoms with Gasteiger partial charge in [0.15, 0.2) is 0 Å². The van der Waals surface area contributed by atoms with Crippen LogP contribution in [0.25, 0.3) is 0 Å². The number of halogens is 1. The molecule has 1 fully saturated rings. The summed E-state index contributed by atoms with van der Waals surface area (Å²) < 4.78 is 6.44. The van der Waals surface area contributed by atoms with E-state index >= 15 is 0 Å². The van der Waals surface area contributed by atoms with E-state index in [1.54, 1.807) is 11.3 Å². The lowest BCUT2D eigenvalue weighted by atomic mass is 10.3. The van der Waals surface area contributed by atoms with Crippen LogP contribution in [-0.4, -0.2) is 34.8 Å². The minimum Gasteiger partial charge on any atom is -0.464 e. The first kappa shape index (κ1) is 17.5. The summed E-state index contributed by atoms with van der Waals surface area (Å²) in [6.07, 6.45) is 2.19. The number of hydrogen-bond acceptors (Lipinski definition) is 4. The minimum atomic E-state index is 0.177. The summed E-state index contributed by atoms with van der Waals surface area (Å²) in [7, 11) is 0. The van der Waals surface area contributed by atoms with Crippen molar-refractivity contribution in [2.75, 3.05) is 13.1 Å². The Bertz CT molecular complexity index is 693. The highest BCUT2D eigenvalue weighted by molar-refractivity contribution is 7.16. The van der Waals surface area contributed by atoms with E-state index in [0.29, 0.717) is 19.1 Å². The molecule has 2 heterocycles. The Morgan fingerprint density at radius 1 is 1.29 bits per heavy atom. The maximum Gasteiger partial charge on any atom is 0.237 e. The van der Waals surface area contributed by atoms with Crippen LogP contribution in [0.3, 0.4) is 0 Å². The number of carbonyl (C=O) groups excluding carboxylic acids is 1. The molecule has 3 rings (SSSR count). The van der Waals surface area contributed by atoms with Gasteiger partial charge in [-0.2, -0.15) is 0 Å². The third-order valence-electron chi connectivity index (χ3n) is 4.24. The molecule has 0 bridgehead atoms. The number of nitrogens with zero attached hydrogens (tertiary/aromatic N) is 2. The Labute approximate surface area is 152 Å². The maximum atomic E-state index is 12.8. The fourth-order valence-electron chi connectivity index (χ4n) is 2.76. The van der Waals surface area contributed by atoms with Gasteiger partial charge in [-0.25, -0.2) is 0 Å². The second-order valence-corrected chi connectivity index (χ2v) is 8.07. The number of hydrogen-bond donors (Lipinski definition) is 0. The Kier molecular flexibility index (Phi) is 5.64. The van der Waals surface area contributed by atoms with Crippen LogP contribution in [0, 0.1) is 6.92 Å². The molecular weight excluding hydrogens is 344 g/mol. The van der Waals surface area contributed by atoms with Crippen molar-refractivity contribution in [2.24, 2.45) is 0 Å². The highest BCUT2D eigenvalue weighted by atomic mass is 35.5. The Hall–Kier alpha value is -1.30. The van der Waals surface area contributed by atoms with E-state index in [0.717, 1.165) is 41.8 Å². The highest BCUT2D eigenvalue weighted by Gasteiger charge is 2.33. The molecular formula is C18H23ClN2O2S. The molecule has 0 atom stereocenters. The second kappa shape index (κ2) is 7.72. The van der Waals surface area contributed by atoms with E-state index in [4.69, 9.17) is 16.0 Å². The summed E-state index contributed by atoms with van der Waals surface area (Å²) in [5.41, 5.74) is 0. The molecule has 2 aromatic heterocycles. The van der Waals surface area contributed by atoms with Gasteiger partial charge >= 0.3 is 0 Å². The predicted molar refractivity (Wildman–Crippen MR) is 97.3 cm³/mol. The topological polar surface area (TPSA) is 36.7 Å². The third kappa shape index (κ3) is 4.62. The van der Waals surface area contributed by atoms with Gasteiger partial charge in [0.2, 0.25) is 5.91 Å². The Balaban J connectivity index is 1.61. The van der Waals surface area contributed by atoms with Crippen molar-refractivity contribution >= 4 is 28.8 Å². The van der Waals surface area contributed by atoms with Gasteiger partial charge < -0.3 is 9.32 Å². The first-order valence-corrected chi connectivity index (χ1v) is 9.56. The van der Waals surface area contributed by atoms with Crippen molar-refractivity contribution in [3.63, 3.8) is 0 Å². The van der Waals surface area contributed by atoms with Gasteiger partial charge in [0.25, 0.3) is 0 Å². The molecule has 0 unspecified atom stereocenters. The summed E-state index contributed by atoms with van der Waals surface area (Å²) in [6, 6.07) is 8.22. The average Bonchev–Trinajstić information content (AvgIpc) is 3.19. The van der Waals surface area contributed by atoms with Gasteiger partial charge in [-0.05, 0) is 50.6 Å². The standard InChI is InChI=1S/C18H23ClN2O2S/c1-3-20(11-16-8-9-17(19)24-16)12-18(22)21(14-5-6-14)10-15-7-4-13(2)23-15/h4,7-9,14H,3,5-6,10-12H2,1-2H3. The third-order valence-corrected chi connectivity index (χ3v) is 5.46. The molecule has 2 aromatic rings. The van der Waals surface area contributed by atoms with Crippen LogP contribution in [0.1, 0.15) is 36.2 Å². The Morgan fingerprint density at radius 2 is 2.08 bits per heavy atom. The lowest BCUT2D eigenvalue weighted by Gasteiger charge is -2.26. The van der Waals surface area contributed by atoms with E-state index in [-0.39, 0.29) is 5.91 Å². The van der Waals surface area contributed by atoms with Crippen LogP contribution >= 0.6 is 22.9 Å². The van der Waals surface area contributed by atoms with Crippen molar-refractivity contribution in [1.29, 1.82) is 0 Å². The summed E-state index contributed by atoms with van der Waals surface area (Å²) in [5, 5.41) is 0. The highest BCUT2D eigenvalue weighted by Crippen LogP contribution is 2.29. The number of amides is 1. The van der Waals surface area contributed by atoms with Crippen LogP contribution in [0.2, 0.25) is 4.34 Å². The number of rotatable bonds is 8. The molecule has 1 aliphatic rings. The minimum absolute atomic E-state index is 0.177. The molecule has 0 spiro atoms. The normalized spacial score (nSPS) is 14.3. The fourth-order valence-corrected chi connectivity index (χ4v) is 3.89. The number of likely N-dealkylation sites (N-methyl/N-ethyl adjacent to an activating group) is 1. The first-order valence-electron chi connectivity index (χ1n) is 8.36. The monoisotopic (exact) mass is 366 g/mol.